The molecule has 2 aromatic carbocycles. The number of aryl methyl sites for hydroxylation is 1. The van der Waals surface area contributed by atoms with E-state index in [1.54, 1.807) is 18.2 Å². The second-order valence-electron chi connectivity index (χ2n) is 6.22. The van der Waals surface area contributed by atoms with Crippen LogP contribution in [0.4, 0.5) is 5.69 Å². The number of anilines is 1. The van der Waals surface area contributed by atoms with Gasteiger partial charge in [0.1, 0.15) is 13.2 Å². The Kier molecular flexibility index (Phi) is 6.71. The first kappa shape index (κ1) is 20.7. The summed E-state index contributed by atoms with van der Waals surface area (Å²) in [7, 11) is 0. The summed E-state index contributed by atoms with van der Waals surface area (Å²) < 4.78 is 16.7. The van der Waals surface area contributed by atoms with Crippen molar-refractivity contribution in [1.29, 1.82) is 0 Å². The van der Waals surface area contributed by atoms with Gasteiger partial charge < -0.3 is 24.8 Å². The fourth-order valence-corrected chi connectivity index (χ4v) is 3.05. The van der Waals surface area contributed by atoms with Gasteiger partial charge >= 0.3 is 5.97 Å². The normalized spacial score (nSPS) is 12.1. The number of nitrogens with one attached hydrogen (secondary N) is 2. The van der Waals surface area contributed by atoms with Crippen molar-refractivity contribution >= 4 is 39.4 Å². The molecular formula is C20H19BrN2O6. The molecule has 29 heavy (non-hydrogen) atoms. The van der Waals surface area contributed by atoms with Crippen molar-refractivity contribution in [3.63, 3.8) is 0 Å². The van der Waals surface area contributed by atoms with E-state index < -0.39 is 18.5 Å². The number of rotatable bonds is 6. The van der Waals surface area contributed by atoms with Crippen molar-refractivity contribution < 1.29 is 28.6 Å². The first-order valence-electron chi connectivity index (χ1n) is 8.82. The largest absolute Gasteiger partial charge is 0.486 e. The second-order valence-corrected chi connectivity index (χ2v) is 7.13. The first-order valence-corrected chi connectivity index (χ1v) is 9.61. The van der Waals surface area contributed by atoms with E-state index in [1.807, 2.05) is 13.0 Å². The first-order chi connectivity index (χ1) is 13.9. The lowest BCUT2D eigenvalue weighted by Gasteiger charge is -2.18. The third-order valence-corrected chi connectivity index (χ3v) is 4.51. The summed E-state index contributed by atoms with van der Waals surface area (Å²) in [6.07, 6.45) is 0. The molecule has 8 nitrogen and oxygen atoms in total. The van der Waals surface area contributed by atoms with Crippen molar-refractivity contribution in [3.05, 3.63) is 52.0 Å². The molecular weight excluding hydrogens is 444 g/mol. The van der Waals surface area contributed by atoms with Crippen LogP contribution in [0.2, 0.25) is 0 Å². The monoisotopic (exact) mass is 462 g/mol. The number of esters is 1. The highest BCUT2D eigenvalue weighted by atomic mass is 79.9. The lowest BCUT2D eigenvalue weighted by atomic mass is 10.2. The molecule has 3 rings (SSSR count). The van der Waals surface area contributed by atoms with Crippen LogP contribution in [0.15, 0.2) is 40.9 Å². The maximum absolute atomic E-state index is 12.1. The van der Waals surface area contributed by atoms with Gasteiger partial charge in [0, 0.05) is 10.2 Å². The molecule has 152 valence electrons. The van der Waals surface area contributed by atoms with Gasteiger partial charge in [-0.3, -0.25) is 9.59 Å². The maximum atomic E-state index is 12.1. The summed E-state index contributed by atoms with van der Waals surface area (Å²) in [6, 6.07) is 10.1. The van der Waals surface area contributed by atoms with Gasteiger partial charge in [0.15, 0.2) is 18.1 Å². The Morgan fingerprint density at radius 2 is 1.79 bits per heavy atom. The maximum Gasteiger partial charge on any atom is 0.338 e. The van der Waals surface area contributed by atoms with Gasteiger partial charge in [-0.1, -0.05) is 15.9 Å². The Labute approximate surface area is 175 Å². The van der Waals surface area contributed by atoms with Crippen LogP contribution in [0, 0.1) is 6.92 Å². The number of benzene rings is 2. The fourth-order valence-electron chi connectivity index (χ4n) is 2.58. The van der Waals surface area contributed by atoms with Crippen LogP contribution in [0.25, 0.3) is 0 Å². The minimum absolute atomic E-state index is 0.240. The Morgan fingerprint density at radius 3 is 2.55 bits per heavy atom. The van der Waals surface area contributed by atoms with Gasteiger partial charge in [-0.05, 0) is 48.9 Å². The molecule has 0 unspecified atom stereocenters. The Balaban J connectivity index is 1.43. The van der Waals surface area contributed by atoms with Crippen LogP contribution >= 0.6 is 15.9 Å². The molecule has 0 aliphatic carbocycles. The highest BCUT2D eigenvalue weighted by Gasteiger charge is 2.17. The highest BCUT2D eigenvalue weighted by Crippen LogP contribution is 2.30. The standard InChI is InChI=1S/C20H19BrN2O6/c1-12-8-14(21)3-4-15(12)23-18(24)10-22-19(25)11-29-20(26)13-2-5-16-17(9-13)28-7-6-27-16/h2-5,8-9H,6-7,10-11H2,1H3,(H,22,25)(H,23,24). The summed E-state index contributed by atoms with van der Waals surface area (Å²) in [6.45, 7) is 1.96. The van der Waals surface area contributed by atoms with Crippen molar-refractivity contribution in [3.8, 4) is 11.5 Å². The molecule has 0 spiro atoms. The molecule has 9 heteroatoms. The number of carbonyl (C=O) groups excluding carboxylic acids is 3. The molecule has 0 bridgehead atoms. The van der Waals surface area contributed by atoms with Gasteiger partial charge in [0.2, 0.25) is 5.91 Å². The minimum atomic E-state index is -0.674. The van der Waals surface area contributed by atoms with E-state index in [0.717, 1.165) is 10.0 Å². The predicted octanol–water partition coefficient (Wildman–Crippen LogP) is 2.44. The van der Waals surface area contributed by atoms with Crippen molar-refractivity contribution in [1.82, 2.24) is 5.32 Å². The molecule has 1 aliphatic rings. The third-order valence-electron chi connectivity index (χ3n) is 4.02. The molecule has 0 atom stereocenters. The van der Waals surface area contributed by atoms with E-state index in [-0.39, 0.29) is 18.0 Å². The molecule has 0 aromatic heterocycles. The average Bonchev–Trinajstić information content (AvgIpc) is 2.72. The Bertz CT molecular complexity index is 947. The zero-order valence-electron chi connectivity index (χ0n) is 15.6. The van der Waals surface area contributed by atoms with Crippen molar-refractivity contribution in [2.24, 2.45) is 0 Å². The summed E-state index contributed by atoms with van der Waals surface area (Å²) in [5, 5.41) is 5.11. The Morgan fingerprint density at radius 1 is 1.03 bits per heavy atom. The average molecular weight is 463 g/mol. The lowest BCUT2D eigenvalue weighted by molar-refractivity contribution is -0.126. The third kappa shape index (κ3) is 5.71. The van der Waals surface area contributed by atoms with Crippen LogP contribution in [-0.2, 0) is 14.3 Å². The molecule has 2 amide bonds. The molecule has 0 fully saturated rings. The number of hydrogen-bond acceptors (Lipinski definition) is 6. The second kappa shape index (κ2) is 9.42. The molecule has 0 saturated carbocycles. The van der Waals surface area contributed by atoms with E-state index >= 15 is 0 Å². The number of carbonyl (C=O) groups is 3. The molecule has 2 aromatic rings. The zero-order chi connectivity index (χ0) is 20.8. The summed E-state index contributed by atoms with van der Waals surface area (Å²) in [5.41, 5.74) is 1.77. The van der Waals surface area contributed by atoms with Gasteiger partial charge in [-0.15, -0.1) is 0 Å². The quantitative estimate of drug-likeness (QED) is 0.639. The van der Waals surface area contributed by atoms with E-state index in [9.17, 15) is 14.4 Å². The minimum Gasteiger partial charge on any atom is -0.486 e. The summed E-state index contributed by atoms with van der Waals surface area (Å²) >= 11 is 3.35. The summed E-state index contributed by atoms with van der Waals surface area (Å²) in [5.74, 6) is -0.639. The zero-order valence-corrected chi connectivity index (χ0v) is 17.2. The van der Waals surface area contributed by atoms with Crippen LogP contribution in [-0.4, -0.2) is 44.1 Å². The van der Waals surface area contributed by atoms with E-state index in [4.69, 9.17) is 14.2 Å². The number of ether oxygens (including phenoxy) is 3. The SMILES string of the molecule is Cc1cc(Br)ccc1NC(=O)CNC(=O)COC(=O)c1ccc2c(c1)OCCO2. The van der Waals surface area contributed by atoms with E-state index in [1.165, 1.54) is 12.1 Å². The molecule has 1 heterocycles. The Hall–Kier alpha value is -3.07. The molecule has 1 aliphatic heterocycles. The molecule has 2 N–H and O–H groups in total. The lowest BCUT2D eigenvalue weighted by Crippen LogP contribution is -2.35. The molecule has 0 radical (unpaired) electrons. The number of amides is 2. The smallest absolute Gasteiger partial charge is 0.338 e. The van der Waals surface area contributed by atoms with Crippen LogP contribution in [0.5, 0.6) is 11.5 Å². The topological polar surface area (TPSA) is 103 Å². The van der Waals surface area contributed by atoms with Gasteiger partial charge in [-0.25, -0.2) is 4.79 Å². The van der Waals surface area contributed by atoms with Crippen LogP contribution in [0.3, 0.4) is 0 Å². The number of halogens is 1. The fraction of sp³-hybridized carbons (Fsp3) is 0.250. The predicted molar refractivity (Wildman–Crippen MR) is 108 cm³/mol. The summed E-state index contributed by atoms with van der Waals surface area (Å²) in [4.78, 5) is 35.9. The van der Waals surface area contributed by atoms with Crippen LogP contribution in [0.1, 0.15) is 15.9 Å². The van der Waals surface area contributed by atoms with Crippen LogP contribution < -0.4 is 20.1 Å². The highest BCUT2D eigenvalue weighted by molar-refractivity contribution is 9.10. The molecule has 0 saturated heterocycles. The number of hydrogen-bond donors (Lipinski definition) is 2. The van der Waals surface area contributed by atoms with Gasteiger partial charge in [0.25, 0.3) is 5.91 Å². The van der Waals surface area contributed by atoms with Crippen molar-refractivity contribution in [2.45, 2.75) is 6.92 Å². The van der Waals surface area contributed by atoms with Gasteiger partial charge in [0.05, 0.1) is 12.1 Å². The van der Waals surface area contributed by atoms with E-state index in [2.05, 4.69) is 26.6 Å². The number of fused-ring (bicyclic) bond motifs is 1. The van der Waals surface area contributed by atoms with Gasteiger partial charge in [-0.2, -0.15) is 0 Å². The van der Waals surface area contributed by atoms with Crippen molar-refractivity contribution in [2.75, 3.05) is 31.7 Å². The van der Waals surface area contributed by atoms with E-state index in [0.29, 0.717) is 30.4 Å².